The lowest BCUT2D eigenvalue weighted by molar-refractivity contribution is -0.139. The first kappa shape index (κ1) is 18.2. The summed E-state index contributed by atoms with van der Waals surface area (Å²) in [7, 11) is 2.41. The van der Waals surface area contributed by atoms with Crippen molar-refractivity contribution in [2.45, 2.75) is 6.92 Å². The van der Waals surface area contributed by atoms with Crippen LogP contribution in [0.4, 0.5) is 0 Å². The molecule has 0 amide bonds. The number of hydrogen-bond acceptors (Lipinski definition) is 6. The molecule has 6 heteroatoms. The van der Waals surface area contributed by atoms with Gasteiger partial charge in [0.15, 0.2) is 0 Å². The van der Waals surface area contributed by atoms with Crippen molar-refractivity contribution in [1.29, 1.82) is 0 Å². The molecule has 0 aromatic heterocycles. The molecule has 6 nitrogen and oxygen atoms in total. The monoisotopic (exact) mass is 318 g/mol. The summed E-state index contributed by atoms with van der Waals surface area (Å²) in [5.41, 5.74) is 0.678. The molecule has 0 radical (unpaired) electrons. The number of benzene rings is 1. The Bertz CT molecular complexity index is 628. The van der Waals surface area contributed by atoms with E-state index in [-0.39, 0.29) is 17.8 Å². The highest BCUT2D eigenvalue weighted by Crippen LogP contribution is 2.24. The van der Waals surface area contributed by atoms with Crippen LogP contribution in [0.2, 0.25) is 0 Å². The van der Waals surface area contributed by atoms with Gasteiger partial charge < -0.3 is 14.2 Å². The number of esters is 3. The molecule has 0 unspecified atom stereocenters. The lowest BCUT2D eigenvalue weighted by Crippen LogP contribution is -2.13. The SMILES string of the molecule is CCOC(=O)C(=C\C(=O)OC)/C(=C/C(=O)OC)c1ccccc1. The van der Waals surface area contributed by atoms with Crippen LogP contribution in [0.1, 0.15) is 12.5 Å². The third-order valence-electron chi connectivity index (χ3n) is 2.80. The van der Waals surface area contributed by atoms with Gasteiger partial charge in [0, 0.05) is 17.7 Å². The minimum atomic E-state index is -0.739. The Morgan fingerprint density at radius 1 is 0.957 bits per heavy atom. The third-order valence-corrected chi connectivity index (χ3v) is 2.80. The minimum absolute atomic E-state index is 0.0877. The summed E-state index contributed by atoms with van der Waals surface area (Å²) in [6.07, 6.45) is 2.11. The number of hydrogen-bond donors (Lipinski definition) is 0. The summed E-state index contributed by atoms with van der Waals surface area (Å²) in [5, 5.41) is 0. The molecule has 0 aliphatic carbocycles. The highest BCUT2D eigenvalue weighted by atomic mass is 16.5. The van der Waals surface area contributed by atoms with Gasteiger partial charge in [-0.15, -0.1) is 0 Å². The van der Waals surface area contributed by atoms with Crippen molar-refractivity contribution in [3.8, 4) is 0 Å². The summed E-state index contributed by atoms with van der Waals surface area (Å²) in [6.45, 7) is 1.76. The summed E-state index contributed by atoms with van der Waals surface area (Å²) in [6, 6.07) is 8.65. The number of ether oxygens (including phenoxy) is 3. The van der Waals surface area contributed by atoms with E-state index in [4.69, 9.17) is 4.74 Å². The van der Waals surface area contributed by atoms with E-state index in [1.165, 1.54) is 14.2 Å². The van der Waals surface area contributed by atoms with Gasteiger partial charge in [-0.2, -0.15) is 0 Å². The molecule has 0 aliphatic heterocycles. The smallest absolute Gasteiger partial charge is 0.339 e. The molecule has 0 bridgehead atoms. The summed E-state index contributed by atoms with van der Waals surface area (Å²) < 4.78 is 14.1. The first-order valence-electron chi connectivity index (χ1n) is 6.85. The Hall–Kier alpha value is -2.89. The molecule has 0 aliphatic rings. The van der Waals surface area contributed by atoms with Crippen LogP contribution in [0.15, 0.2) is 48.1 Å². The van der Waals surface area contributed by atoms with Gasteiger partial charge in [-0.05, 0) is 12.5 Å². The van der Waals surface area contributed by atoms with Crippen molar-refractivity contribution in [2.75, 3.05) is 20.8 Å². The average molecular weight is 318 g/mol. The van der Waals surface area contributed by atoms with E-state index in [0.717, 1.165) is 12.2 Å². The van der Waals surface area contributed by atoms with Gasteiger partial charge in [0.25, 0.3) is 0 Å². The van der Waals surface area contributed by atoms with Crippen LogP contribution in [0.25, 0.3) is 5.57 Å². The second-order valence-electron chi connectivity index (χ2n) is 4.25. The first-order chi connectivity index (χ1) is 11.0. The fourth-order valence-corrected chi connectivity index (χ4v) is 1.74. The Labute approximate surface area is 134 Å². The van der Waals surface area contributed by atoms with Crippen LogP contribution in [0.3, 0.4) is 0 Å². The van der Waals surface area contributed by atoms with Crippen LogP contribution in [-0.4, -0.2) is 38.7 Å². The van der Waals surface area contributed by atoms with E-state index in [9.17, 15) is 14.4 Å². The fraction of sp³-hybridized carbons (Fsp3) is 0.235. The second kappa shape index (κ2) is 9.19. The Morgan fingerprint density at radius 3 is 2.04 bits per heavy atom. The number of methoxy groups -OCH3 is 2. The Kier molecular flexibility index (Phi) is 7.26. The van der Waals surface area contributed by atoms with Gasteiger partial charge in [0.2, 0.25) is 0 Å². The summed E-state index contributed by atoms with van der Waals surface area (Å²) in [5.74, 6) is -2.14. The van der Waals surface area contributed by atoms with Gasteiger partial charge in [-0.3, -0.25) is 0 Å². The molecule has 1 rings (SSSR count). The highest BCUT2D eigenvalue weighted by Gasteiger charge is 2.20. The molecule has 0 N–H and O–H groups in total. The molecule has 0 atom stereocenters. The van der Waals surface area contributed by atoms with Crippen molar-refractivity contribution in [3.63, 3.8) is 0 Å². The second-order valence-corrected chi connectivity index (χ2v) is 4.25. The molecule has 1 aromatic carbocycles. The van der Waals surface area contributed by atoms with Gasteiger partial charge >= 0.3 is 17.9 Å². The van der Waals surface area contributed by atoms with Gasteiger partial charge in [0.05, 0.1) is 26.4 Å². The topological polar surface area (TPSA) is 78.9 Å². The normalized spacial score (nSPS) is 11.6. The molecular weight excluding hydrogens is 300 g/mol. The minimum Gasteiger partial charge on any atom is -0.466 e. The van der Waals surface area contributed by atoms with E-state index in [1.807, 2.05) is 0 Å². The van der Waals surface area contributed by atoms with Gasteiger partial charge in [0.1, 0.15) is 0 Å². The average Bonchev–Trinajstić information content (AvgIpc) is 2.58. The standard InChI is InChI=1S/C17H18O6/c1-4-23-17(20)14(11-16(19)22-3)13(10-15(18)21-2)12-8-6-5-7-9-12/h5-11H,4H2,1-3H3/b13-10+,14-11-. The predicted molar refractivity (Wildman–Crippen MR) is 83.2 cm³/mol. The number of rotatable bonds is 6. The van der Waals surface area contributed by atoms with E-state index >= 15 is 0 Å². The van der Waals surface area contributed by atoms with Crippen molar-refractivity contribution in [1.82, 2.24) is 0 Å². The van der Waals surface area contributed by atoms with Crippen molar-refractivity contribution in [3.05, 3.63) is 53.6 Å². The molecule has 0 saturated carbocycles. The van der Waals surface area contributed by atoms with Crippen LogP contribution < -0.4 is 0 Å². The lowest BCUT2D eigenvalue weighted by Gasteiger charge is -2.11. The molecule has 23 heavy (non-hydrogen) atoms. The van der Waals surface area contributed by atoms with Gasteiger partial charge in [-0.1, -0.05) is 30.3 Å². The number of carbonyl (C=O) groups is 3. The summed E-state index contributed by atoms with van der Waals surface area (Å²) >= 11 is 0. The lowest BCUT2D eigenvalue weighted by atomic mass is 9.97. The predicted octanol–water partition coefficient (Wildman–Crippen LogP) is 1.91. The van der Waals surface area contributed by atoms with Gasteiger partial charge in [-0.25, -0.2) is 14.4 Å². The van der Waals surface area contributed by atoms with Crippen LogP contribution in [0, 0.1) is 0 Å². The van der Waals surface area contributed by atoms with E-state index in [2.05, 4.69) is 9.47 Å². The maximum atomic E-state index is 12.2. The number of carbonyl (C=O) groups excluding carboxylic acids is 3. The zero-order valence-electron chi connectivity index (χ0n) is 13.2. The van der Waals surface area contributed by atoms with E-state index < -0.39 is 17.9 Å². The molecular formula is C17H18O6. The molecule has 122 valence electrons. The Morgan fingerprint density at radius 2 is 1.52 bits per heavy atom. The van der Waals surface area contributed by atoms with Crippen molar-refractivity contribution in [2.24, 2.45) is 0 Å². The molecule has 0 saturated heterocycles. The summed E-state index contributed by atoms with van der Waals surface area (Å²) in [4.78, 5) is 35.4. The maximum Gasteiger partial charge on any atom is 0.339 e. The molecule has 0 fully saturated rings. The molecule has 0 spiro atoms. The molecule has 1 aromatic rings. The maximum absolute atomic E-state index is 12.2. The zero-order valence-corrected chi connectivity index (χ0v) is 13.2. The van der Waals surface area contributed by atoms with E-state index in [1.54, 1.807) is 37.3 Å². The van der Waals surface area contributed by atoms with Crippen LogP contribution in [0.5, 0.6) is 0 Å². The zero-order chi connectivity index (χ0) is 17.2. The molecule has 0 heterocycles. The van der Waals surface area contributed by atoms with E-state index in [0.29, 0.717) is 5.56 Å². The van der Waals surface area contributed by atoms with Crippen LogP contribution >= 0.6 is 0 Å². The third kappa shape index (κ3) is 5.43. The largest absolute Gasteiger partial charge is 0.466 e. The quantitative estimate of drug-likeness (QED) is 0.345. The Balaban J connectivity index is 3.47. The fourth-order valence-electron chi connectivity index (χ4n) is 1.74. The van der Waals surface area contributed by atoms with Crippen LogP contribution in [-0.2, 0) is 28.6 Å². The highest BCUT2D eigenvalue weighted by molar-refractivity contribution is 6.13. The first-order valence-corrected chi connectivity index (χ1v) is 6.85. The van der Waals surface area contributed by atoms with Crippen molar-refractivity contribution < 1.29 is 28.6 Å². The van der Waals surface area contributed by atoms with Crippen molar-refractivity contribution >= 4 is 23.5 Å².